The molecule has 0 amide bonds. The van der Waals surface area contributed by atoms with Gasteiger partial charge in [-0.3, -0.25) is 0 Å². The Balaban J connectivity index is 2.37. The Morgan fingerprint density at radius 3 is 2.88 bits per heavy atom. The molecule has 0 radical (unpaired) electrons. The highest BCUT2D eigenvalue weighted by Crippen LogP contribution is 2.20. The van der Waals surface area contributed by atoms with E-state index in [1.165, 1.54) is 0 Å². The summed E-state index contributed by atoms with van der Waals surface area (Å²) in [6, 6.07) is 3.66. The van der Waals surface area contributed by atoms with E-state index >= 15 is 0 Å². The molecule has 2 aromatic rings. The number of hydrogen-bond acceptors (Lipinski definition) is 4. The normalized spacial score (nSPS) is 13.1. The van der Waals surface area contributed by atoms with Crippen LogP contribution < -0.4 is 11.5 Å². The number of aromatic amines is 1. The molecule has 1 unspecified atom stereocenters. The minimum absolute atomic E-state index is 0.278. The van der Waals surface area contributed by atoms with Gasteiger partial charge < -0.3 is 16.5 Å². The van der Waals surface area contributed by atoms with E-state index in [1.807, 2.05) is 6.07 Å². The minimum Gasteiger partial charge on any atom is -0.384 e. The van der Waals surface area contributed by atoms with Gasteiger partial charge in [-0.25, -0.2) is 9.97 Å². The number of nitrogens with two attached hydrogens (primary N) is 2. The SMILES string of the molecule is CCCC(CN)c1nc2nc(N)ccc2[nH]1. The van der Waals surface area contributed by atoms with E-state index in [2.05, 4.69) is 21.9 Å². The van der Waals surface area contributed by atoms with Gasteiger partial charge in [0.25, 0.3) is 0 Å². The number of fused-ring (bicyclic) bond motifs is 1. The number of nitrogen functional groups attached to an aromatic ring is 1. The third kappa shape index (κ3) is 1.99. The van der Waals surface area contributed by atoms with Gasteiger partial charge in [-0.15, -0.1) is 0 Å². The first-order chi connectivity index (χ1) is 7.74. The van der Waals surface area contributed by atoms with E-state index in [-0.39, 0.29) is 5.92 Å². The van der Waals surface area contributed by atoms with Crippen LogP contribution in [-0.2, 0) is 0 Å². The van der Waals surface area contributed by atoms with Gasteiger partial charge in [-0.2, -0.15) is 0 Å². The zero-order valence-electron chi connectivity index (χ0n) is 9.40. The number of rotatable bonds is 4. The van der Waals surface area contributed by atoms with Crippen molar-refractivity contribution in [3.63, 3.8) is 0 Å². The van der Waals surface area contributed by atoms with Crippen molar-refractivity contribution in [3.05, 3.63) is 18.0 Å². The predicted molar refractivity (Wildman–Crippen MR) is 65.0 cm³/mol. The van der Waals surface area contributed by atoms with Crippen LogP contribution in [0.4, 0.5) is 5.82 Å². The third-order valence-corrected chi connectivity index (χ3v) is 2.69. The van der Waals surface area contributed by atoms with Gasteiger partial charge in [-0.1, -0.05) is 13.3 Å². The molecule has 0 aliphatic heterocycles. The van der Waals surface area contributed by atoms with E-state index in [4.69, 9.17) is 11.5 Å². The van der Waals surface area contributed by atoms with Crippen LogP contribution in [-0.4, -0.2) is 21.5 Å². The molecule has 0 aliphatic rings. The van der Waals surface area contributed by atoms with Gasteiger partial charge in [0, 0.05) is 12.5 Å². The minimum atomic E-state index is 0.278. The molecule has 2 aromatic heterocycles. The Hall–Kier alpha value is -1.62. The van der Waals surface area contributed by atoms with Gasteiger partial charge in [0.2, 0.25) is 0 Å². The molecule has 0 aromatic carbocycles. The number of pyridine rings is 1. The molecule has 0 aliphatic carbocycles. The molecule has 0 spiro atoms. The van der Waals surface area contributed by atoms with Gasteiger partial charge in [0.1, 0.15) is 11.6 Å². The molecule has 1 atom stereocenters. The zero-order chi connectivity index (χ0) is 11.5. The van der Waals surface area contributed by atoms with Crippen molar-refractivity contribution in [2.45, 2.75) is 25.7 Å². The molecular weight excluding hydrogens is 202 g/mol. The molecule has 5 heteroatoms. The molecule has 5 nitrogen and oxygen atoms in total. The summed E-state index contributed by atoms with van der Waals surface area (Å²) in [6.07, 6.45) is 2.13. The van der Waals surface area contributed by atoms with Crippen LogP contribution in [0.5, 0.6) is 0 Å². The lowest BCUT2D eigenvalue weighted by atomic mass is 10.0. The average Bonchev–Trinajstić information content (AvgIpc) is 2.68. The van der Waals surface area contributed by atoms with Crippen LogP contribution in [0.15, 0.2) is 12.1 Å². The van der Waals surface area contributed by atoms with Crippen molar-refractivity contribution < 1.29 is 0 Å². The Morgan fingerprint density at radius 1 is 1.38 bits per heavy atom. The van der Waals surface area contributed by atoms with Crippen molar-refractivity contribution >= 4 is 17.0 Å². The van der Waals surface area contributed by atoms with E-state index in [1.54, 1.807) is 6.07 Å². The topological polar surface area (TPSA) is 93.6 Å². The number of hydrogen-bond donors (Lipinski definition) is 3. The van der Waals surface area contributed by atoms with Gasteiger partial charge in [-0.05, 0) is 18.6 Å². The van der Waals surface area contributed by atoms with E-state index in [9.17, 15) is 0 Å². The van der Waals surface area contributed by atoms with Crippen LogP contribution in [0.25, 0.3) is 11.2 Å². The van der Waals surface area contributed by atoms with Gasteiger partial charge >= 0.3 is 0 Å². The van der Waals surface area contributed by atoms with Crippen molar-refractivity contribution in [1.82, 2.24) is 15.0 Å². The van der Waals surface area contributed by atoms with Crippen molar-refractivity contribution in [3.8, 4) is 0 Å². The Bertz CT molecular complexity index is 476. The fourth-order valence-electron chi connectivity index (χ4n) is 1.83. The van der Waals surface area contributed by atoms with Gasteiger partial charge in [0.15, 0.2) is 5.65 Å². The highest BCUT2D eigenvalue weighted by atomic mass is 15.0. The summed E-state index contributed by atoms with van der Waals surface area (Å²) >= 11 is 0. The van der Waals surface area contributed by atoms with Crippen molar-refractivity contribution in [1.29, 1.82) is 0 Å². The number of nitrogens with one attached hydrogen (secondary N) is 1. The van der Waals surface area contributed by atoms with Crippen LogP contribution in [0.1, 0.15) is 31.5 Å². The largest absolute Gasteiger partial charge is 0.384 e. The summed E-state index contributed by atoms with van der Waals surface area (Å²) in [6.45, 7) is 2.74. The molecule has 0 saturated heterocycles. The lowest BCUT2D eigenvalue weighted by Crippen LogP contribution is -2.13. The zero-order valence-corrected chi connectivity index (χ0v) is 9.40. The number of imidazole rings is 1. The summed E-state index contributed by atoms with van der Waals surface area (Å²) in [5, 5.41) is 0. The Labute approximate surface area is 94.3 Å². The first-order valence-electron chi connectivity index (χ1n) is 5.56. The van der Waals surface area contributed by atoms with Crippen LogP contribution in [0, 0.1) is 0 Å². The number of anilines is 1. The fourth-order valence-corrected chi connectivity index (χ4v) is 1.83. The van der Waals surface area contributed by atoms with Crippen LogP contribution in [0.3, 0.4) is 0 Å². The first kappa shape index (κ1) is 10.9. The second-order valence-corrected chi connectivity index (χ2v) is 3.95. The maximum atomic E-state index is 5.74. The highest BCUT2D eigenvalue weighted by molar-refractivity contribution is 5.72. The lowest BCUT2D eigenvalue weighted by Gasteiger charge is -2.09. The fraction of sp³-hybridized carbons (Fsp3) is 0.455. The molecule has 0 fully saturated rings. The Kier molecular flexibility index (Phi) is 3.05. The Morgan fingerprint density at radius 2 is 2.19 bits per heavy atom. The monoisotopic (exact) mass is 219 g/mol. The van der Waals surface area contributed by atoms with E-state index in [0.29, 0.717) is 18.0 Å². The molecule has 0 bridgehead atoms. The van der Waals surface area contributed by atoms with Crippen molar-refractivity contribution in [2.75, 3.05) is 12.3 Å². The molecule has 0 saturated carbocycles. The second-order valence-electron chi connectivity index (χ2n) is 3.95. The van der Waals surface area contributed by atoms with Crippen LogP contribution in [0.2, 0.25) is 0 Å². The number of aromatic nitrogens is 3. The molecule has 16 heavy (non-hydrogen) atoms. The van der Waals surface area contributed by atoms with E-state index < -0.39 is 0 Å². The standard InChI is InChI=1S/C11H17N5/c1-2-3-7(6-12)10-14-8-4-5-9(13)15-11(8)16-10/h4-5,7H,2-3,6,12H2,1H3,(H3,13,14,15,16). The smallest absolute Gasteiger partial charge is 0.179 e. The number of H-pyrrole nitrogens is 1. The summed E-state index contributed by atoms with van der Waals surface area (Å²) in [7, 11) is 0. The summed E-state index contributed by atoms with van der Waals surface area (Å²) in [5.74, 6) is 1.68. The first-order valence-corrected chi connectivity index (χ1v) is 5.56. The summed E-state index contributed by atoms with van der Waals surface area (Å²) in [5.41, 5.74) is 12.9. The van der Waals surface area contributed by atoms with E-state index in [0.717, 1.165) is 24.2 Å². The molecule has 2 heterocycles. The second kappa shape index (κ2) is 4.49. The quantitative estimate of drug-likeness (QED) is 0.724. The van der Waals surface area contributed by atoms with Crippen LogP contribution >= 0.6 is 0 Å². The lowest BCUT2D eigenvalue weighted by molar-refractivity contribution is 0.596. The maximum Gasteiger partial charge on any atom is 0.179 e. The highest BCUT2D eigenvalue weighted by Gasteiger charge is 2.13. The predicted octanol–water partition coefficient (Wildman–Crippen LogP) is 1.38. The third-order valence-electron chi connectivity index (χ3n) is 2.69. The number of nitrogens with zero attached hydrogens (tertiary/aromatic N) is 2. The maximum absolute atomic E-state index is 5.74. The summed E-state index contributed by atoms with van der Waals surface area (Å²) in [4.78, 5) is 11.9. The molecule has 2 rings (SSSR count). The van der Waals surface area contributed by atoms with Crippen molar-refractivity contribution in [2.24, 2.45) is 5.73 Å². The molecule has 5 N–H and O–H groups in total. The molecule has 86 valence electrons. The molecular formula is C11H17N5. The average molecular weight is 219 g/mol. The summed E-state index contributed by atoms with van der Waals surface area (Å²) < 4.78 is 0. The van der Waals surface area contributed by atoms with Gasteiger partial charge in [0.05, 0.1) is 5.52 Å².